The van der Waals surface area contributed by atoms with Crippen LogP contribution in [0.1, 0.15) is 17.5 Å². The number of amides is 1. The maximum Gasteiger partial charge on any atom is 0.229 e. The minimum atomic E-state index is -0.488. The van der Waals surface area contributed by atoms with Gasteiger partial charge in [0.15, 0.2) is 0 Å². The van der Waals surface area contributed by atoms with Crippen LogP contribution in [0.3, 0.4) is 0 Å². The van der Waals surface area contributed by atoms with Gasteiger partial charge in [0.05, 0.1) is 18.1 Å². The lowest BCUT2D eigenvalue weighted by atomic mass is 10.1. The minimum Gasteiger partial charge on any atom is -0.398 e. The van der Waals surface area contributed by atoms with Gasteiger partial charge in [-0.3, -0.25) is 4.79 Å². The van der Waals surface area contributed by atoms with Gasteiger partial charge in [-0.2, -0.15) is 5.26 Å². The highest BCUT2D eigenvalue weighted by molar-refractivity contribution is 5.76. The van der Waals surface area contributed by atoms with Crippen LogP contribution in [0.2, 0.25) is 0 Å². The van der Waals surface area contributed by atoms with E-state index in [1.165, 1.54) is 0 Å². The third-order valence-corrected chi connectivity index (χ3v) is 1.67. The SMILES string of the molecule is N#Cc1ccc(N)c(C#CCC(N)=O)c1. The van der Waals surface area contributed by atoms with Crippen molar-refractivity contribution in [2.45, 2.75) is 6.42 Å². The molecular weight excluding hydrogens is 190 g/mol. The van der Waals surface area contributed by atoms with Crippen molar-refractivity contribution in [3.63, 3.8) is 0 Å². The lowest BCUT2D eigenvalue weighted by molar-refractivity contribution is -0.117. The third-order valence-electron chi connectivity index (χ3n) is 1.67. The van der Waals surface area contributed by atoms with Crippen LogP contribution in [0.25, 0.3) is 0 Å². The molecule has 0 heterocycles. The fourth-order valence-corrected chi connectivity index (χ4v) is 0.961. The molecule has 4 nitrogen and oxygen atoms in total. The van der Waals surface area contributed by atoms with Crippen molar-refractivity contribution in [2.75, 3.05) is 5.73 Å². The van der Waals surface area contributed by atoms with Gasteiger partial charge in [-0.1, -0.05) is 11.8 Å². The molecule has 74 valence electrons. The number of carbonyl (C=O) groups excluding carboxylic acids is 1. The molecule has 0 unspecified atom stereocenters. The van der Waals surface area contributed by atoms with Gasteiger partial charge in [0, 0.05) is 11.3 Å². The van der Waals surface area contributed by atoms with E-state index in [1.807, 2.05) is 6.07 Å². The summed E-state index contributed by atoms with van der Waals surface area (Å²) in [5.74, 6) is 4.78. The number of nitrogens with zero attached hydrogens (tertiary/aromatic N) is 1. The third kappa shape index (κ3) is 3.06. The van der Waals surface area contributed by atoms with E-state index in [0.29, 0.717) is 16.8 Å². The first-order chi connectivity index (χ1) is 7.13. The highest BCUT2D eigenvalue weighted by atomic mass is 16.1. The molecule has 0 spiro atoms. The van der Waals surface area contributed by atoms with Crippen molar-refractivity contribution < 1.29 is 4.79 Å². The molecule has 0 bridgehead atoms. The minimum absolute atomic E-state index is 0.0176. The first-order valence-electron chi connectivity index (χ1n) is 4.20. The van der Waals surface area contributed by atoms with E-state index in [-0.39, 0.29) is 6.42 Å². The van der Waals surface area contributed by atoms with Crippen molar-refractivity contribution in [2.24, 2.45) is 5.73 Å². The molecule has 4 N–H and O–H groups in total. The fourth-order valence-electron chi connectivity index (χ4n) is 0.961. The van der Waals surface area contributed by atoms with E-state index >= 15 is 0 Å². The van der Waals surface area contributed by atoms with E-state index < -0.39 is 5.91 Å². The van der Waals surface area contributed by atoms with E-state index in [1.54, 1.807) is 18.2 Å². The largest absolute Gasteiger partial charge is 0.398 e. The Kier molecular flexibility index (Phi) is 3.32. The summed E-state index contributed by atoms with van der Waals surface area (Å²) in [4.78, 5) is 10.4. The number of nitriles is 1. The Morgan fingerprint density at radius 2 is 2.20 bits per heavy atom. The first-order valence-corrected chi connectivity index (χ1v) is 4.20. The zero-order valence-corrected chi connectivity index (χ0v) is 7.95. The van der Waals surface area contributed by atoms with Gasteiger partial charge in [-0.05, 0) is 18.2 Å². The van der Waals surface area contributed by atoms with Crippen LogP contribution in [0.5, 0.6) is 0 Å². The van der Waals surface area contributed by atoms with E-state index in [0.717, 1.165) is 0 Å². The smallest absolute Gasteiger partial charge is 0.229 e. The summed E-state index contributed by atoms with van der Waals surface area (Å²) in [6, 6.07) is 6.76. The summed E-state index contributed by atoms with van der Waals surface area (Å²) >= 11 is 0. The fraction of sp³-hybridized carbons (Fsp3) is 0.0909. The highest BCUT2D eigenvalue weighted by Crippen LogP contribution is 2.12. The Labute approximate surface area is 87.5 Å². The van der Waals surface area contributed by atoms with Crippen molar-refractivity contribution in [1.29, 1.82) is 5.26 Å². The summed E-state index contributed by atoms with van der Waals surface area (Å²) in [6.45, 7) is 0. The summed E-state index contributed by atoms with van der Waals surface area (Å²) < 4.78 is 0. The molecular formula is C11H9N3O. The topological polar surface area (TPSA) is 92.9 Å². The molecule has 1 rings (SSSR count). The van der Waals surface area contributed by atoms with Crippen LogP contribution in [-0.4, -0.2) is 5.91 Å². The van der Waals surface area contributed by atoms with Crippen LogP contribution in [-0.2, 0) is 4.79 Å². The molecule has 0 radical (unpaired) electrons. The van der Waals surface area contributed by atoms with E-state index in [4.69, 9.17) is 16.7 Å². The normalized spacial score (nSPS) is 8.47. The Balaban J connectivity index is 2.97. The second-order valence-corrected chi connectivity index (χ2v) is 2.86. The number of rotatable bonds is 1. The predicted molar refractivity (Wildman–Crippen MR) is 56.3 cm³/mol. The van der Waals surface area contributed by atoms with Crippen LogP contribution in [0.4, 0.5) is 5.69 Å². The van der Waals surface area contributed by atoms with Crippen molar-refractivity contribution >= 4 is 11.6 Å². The van der Waals surface area contributed by atoms with Crippen molar-refractivity contribution in [3.05, 3.63) is 29.3 Å². The zero-order chi connectivity index (χ0) is 11.3. The van der Waals surface area contributed by atoms with Crippen molar-refractivity contribution in [1.82, 2.24) is 0 Å². The van der Waals surface area contributed by atoms with Crippen LogP contribution >= 0.6 is 0 Å². The number of primary amides is 1. The Hall–Kier alpha value is -2.46. The molecule has 0 aliphatic heterocycles. The number of nitrogens with two attached hydrogens (primary N) is 2. The standard InChI is InChI=1S/C11H9N3O/c12-7-8-4-5-10(13)9(6-8)2-1-3-11(14)15/h4-6H,3,13H2,(H2,14,15). The number of nitrogen functional groups attached to an aromatic ring is 1. The average molecular weight is 199 g/mol. The van der Waals surface area contributed by atoms with Gasteiger partial charge in [0.2, 0.25) is 5.91 Å². The number of hydrogen-bond donors (Lipinski definition) is 2. The Bertz CT molecular complexity index is 489. The molecule has 1 aromatic rings. The molecule has 4 heteroatoms. The molecule has 1 aromatic carbocycles. The number of benzene rings is 1. The van der Waals surface area contributed by atoms with Gasteiger partial charge < -0.3 is 11.5 Å². The quantitative estimate of drug-likeness (QED) is 0.505. The highest BCUT2D eigenvalue weighted by Gasteiger charge is 1.97. The molecule has 0 aromatic heterocycles. The van der Waals surface area contributed by atoms with Gasteiger partial charge in [-0.15, -0.1) is 0 Å². The summed E-state index contributed by atoms with van der Waals surface area (Å²) in [5.41, 5.74) is 12.1. The van der Waals surface area contributed by atoms with Gasteiger partial charge in [0.1, 0.15) is 0 Å². The second kappa shape index (κ2) is 4.69. The molecule has 0 atom stereocenters. The first kappa shape index (κ1) is 10.6. The summed E-state index contributed by atoms with van der Waals surface area (Å²) in [5, 5.41) is 8.65. The average Bonchev–Trinajstić information content (AvgIpc) is 2.20. The van der Waals surface area contributed by atoms with Crippen molar-refractivity contribution in [3.8, 4) is 17.9 Å². The molecule has 15 heavy (non-hydrogen) atoms. The molecule has 0 aliphatic carbocycles. The number of hydrogen-bond acceptors (Lipinski definition) is 3. The van der Waals surface area contributed by atoms with E-state index in [9.17, 15) is 4.79 Å². The maximum absolute atomic E-state index is 10.4. The lowest BCUT2D eigenvalue weighted by Crippen LogP contribution is -2.08. The molecule has 1 amide bonds. The summed E-state index contributed by atoms with van der Waals surface area (Å²) in [6.07, 6.45) is -0.0176. The van der Waals surface area contributed by atoms with Crippen LogP contribution in [0, 0.1) is 23.2 Å². The molecule has 0 fully saturated rings. The Morgan fingerprint density at radius 1 is 1.47 bits per heavy atom. The van der Waals surface area contributed by atoms with Gasteiger partial charge in [-0.25, -0.2) is 0 Å². The molecule has 0 saturated heterocycles. The van der Waals surface area contributed by atoms with E-state index in [2.05, 4.69) is 11.8 Å². The summed E-state index contributed by atoms with van der Waals surface area (Å²) in [7, 11) is 0. The van der Waals surface area contributed by atoms with Crippen LogP contribution < -0.4 is 11.5 Å². The number of anilines is 1. The maximum atomic E-state index is 10.4. The van der Waals surface area contributed by atoms with Gasteiger partial charge >= 0.3 is 0 Å². The monoisotopic (exact) mass is 199 g/mol. The Morgan fingerprint density at radius 3 is 2.80 bits per heavy atom. The lowest BCUT2D eigenvalue weighted by Gasteiger charge is -1.97. The second-order valence-electron chi connectivity index (χ2n) is 2.86. The number of carbonyl (C=O) groups is 1. The predicted octanol–water partition coefficient (Wildman–Crippen LogP) is 0.367. The van der Waals surface area contributed by atoms with Crippen LogP contribution in [0.15, 0.2) is 18.2 Å². The molecule has 0 saturated carbocycles. The molecule has 0 aliphatic rings. The van der Waals surface area contributed by atoms with Gasteiger partial charge in [0.25, 0.3) is 0 Å². The zero-order valence-electron chi connectivity index (χ0n) is 7.95.